The molecule has 2 N–H and O–H groups in total. The van der Waals surface area contributed by atoms with Crippen LogP contribution in [0, 0.1) is 17.1 Å². The largest absolute Gasteiger partial charge is 0.492 e. The quantitative estimate of drug-likeness (QED) is 0.888. The number of ether oxygens (including phenoxy) is 1. The second kappa shape index (κ2) is 5.19. The fourth-order valence-electron chi connectivity index (χ4n) is 1.44. The predicted molar refractivity (Wildman–Crippen MR) is 63.2 cm³/mol. The Balaban J connectivity index is 1.91. The van der Waals surface area contributed by atoms with Gasteiger partial charge in [0.25, 0.3) is 0 Å². The average molecular weight is 246 g/mol. The van der Waals surface area contributed by atoms with Crippen molar-refractivity contribution in [1.82, 2.24) is 9.78 Å². The van der Waals surface area contributed by atoms with Crippen LogP contribution in [0.4, 0.5) is 10.2 Å². The molecule has 0 aliphatic rings. The SMILES string of the molecule is N#Cc1ccc(OCCn2ccc(N)n2)cc1F. The van der Waals surface area contributed by atoms with Gasteiger partial charge in [-0.2, -0.15) is 10.4 Å². The van der Waals surface area contributed by atoms with Crippen molar-refractivity contribution in [2.45, 2.75) is 6.54 Å². The monoisotopic (exact) mass is 246 g/mol. The number of halogens is 1. The van der Waals surface area contributed by atoms with Gasteiger partial charge >= 0.3 is 0 Å². The Morgan fingerprint density at radius 2 is 2.28 bits per heavy atom. The minimum Gasteiger partial charge on any atom is -0.492 e. The maximum absolute atomic E-state index is 13.3. The first-order valence-corrected chi connectivity index (χ1v) is 5.30. The molecule has 92 valence electrons. The summed E-state index contributed by atoms with van der Waals surface area (Å²) in [6.07, 6.45) is 1.73. The van der Waals surface area contributed by atoms with Crippen LogP contribution in [0.5, 0.6) is 5.75 Å². The lowest BCUT2D eigenvalue weighted by Gasteiger charge is -2.06. The number of nitriles is 1. The van der Waals surface area contributed by atoms with E-state index < -0.39 is 5.82 Å². The zero-order chi connectivity index (χ0) is 13.0. The normalized spacial score (nSPS) is 10.0. The number of hydrogen-bond acceptors (Lipinski definition) is 4. The van der Waals surface area contributed by atoms with E-state index in [4.69, 9.17) is 15.7 Å². The molecule has 1 aromatic carbocycles. The predicted octanol–water partition coefficient (Wildman–Crippen LogP) is 1.56. The van der Waals surface area contributed by atoms with E-state index in [0.29, 0.717) is 24.7 Å². The van der Waals surface area contributed by atoms with E-state index in [0.717, 1.165) is 0 Å². The molecule has 0 amide bonds. The lowest BCUT2D eigenvalue weighted by atomic mass is 10.2. The van der Waals surface area contributed by atoms with Crippen LogP contribution >= 0.6 is 0 Å². The molecule has 0 radical (unpaired) electrons. The Labute approximate surface area is 103 Å². The Kier molecular flexibility index (Phi) is 3.44. The molecule has 0 atom stereocenters. The summed E-state index contributed by atoms with van der Waals surface area (Å²) in [7, 11) is 0. The molecule has 0 fully saturated rings. The number of rotatable bonds is 4. The number of aromatic nitrogens is 2. The summed E-state index contributed by atoms with van der Waals surface area (Å²) in [5.41, 5.74) is 5.46. The molecule has 18 heavy (non-hydrogen) atoms. The average Bonchev–Trinajstić information content (AvgIpc) is 2.75. The van der Waals surface area contributed by atoms with Crippen LogP contribution in [0.1, 0.15) is 5.56 Å². The van der Waals surface area contributed by atoms with E-state index in [1.165, 1.54) is 12.1 Å². The van der Waals surface area contributed by atoms with Crippen molar-refractivity contribution in [2.24, 2.45) is 0 Å². The van der Waals surface area contributed by atoms with Crippen molar-refractivity contribution >= 4 is 5.82 Å². The van der Waals surface area contributed by atoms with E-state index in [1.54, 1.807) is 29.1 Å². The number of benzene rings is 1. The zero-order valence-corrected chi connectivity index (χ0v) is 9.51. The van der Waals surface area contributed by atoms with Gasteiger partial charge in [0.15, 0.2) is 0 Å². The summed E-state index contributed by atoms with van der Waals surface area (Å²) in [5, 5.41) is 12.6. The van der Waals surface area contributed by atoms with Gasteiger partial charge in [-0.05, 0) is 18.2 Å². The van der Waals surface area contributed by atoms with Crippen LogP contribution in [0.3, 0.4) is 0 Å². The fraction of sp³-hybridized carbons (Fsp3) is 0.167. The topological polar surface area (TPSA) is 76.9 Å². The molecule has 1 aromatic heterocycles. The highest BCUT2D eigenvalue weighted by molar-refractivity contribution is 5.36. The molecule has 2 aromatic rings. The smallest absolute Gasteiger partial charge is 0.145 e. The Hall–Kier alpha value is -2.55. The third kappa shape index (κ3) is 2.77. The molecular weight excluding hydrogens is 235 g/mol. The number of anilines is 1. The van der Waals surface area contributed by atoms with Crippen molar-refractivity contribution in [2.75, 3.05) is 12.3 Å². The standard InChI is InChI=1S/C12H11FN4O/c13-11-7-10(2-1-9(11)8-14)18-6-5-17-4-3-12(15)16-17/h1-4,7H,5-6H2,(H2,15,16). The molecule has 0 unspecified atom stereocenters. The molecule has 0 spiro atoms. The number of nitrogen functional groups attached to an aromatic ring is 1. The molecule has 0 bridgehead atoms. The van der Waals surface area contributed by atoms with Crippen LogP contribution < -0.4 is 10.5 Å². The van der Waals surface area contributed by atoms with Gasteiger partial charge in [0.05, 0.1) is 12.1 Å². The van der Waals surface area contributed by atoms with E-state index in [2.05, 4.69) is 5.10 Å². The van der Waals surface area contributed by atoms with E-state index in [-0.39, 0.29) is 5.56 Å². The van der Waals surface area contributed by atoms with Crippen LogP contribution in [-0.2, 0) is 6.54 Å². The Morgan fingerprint density at radius 3 is 2.89 bits per heavy atom. The molecule has 0 aliphatic carbocycles. The first kappa shape index (κ1) is 11.9. The summed E-state index contributed by atoms with van der Waals surface area (Å²) >= 11 is 0. The number of hydrogen-bond donors (Lipinski definition) is 1. The van der Waals surface area contributed by atoms with Crippen molar-refractivity contribution in [3.8, 4) is 11.8 Å². The molecule has 0 aliphatic heterocycles. The fourth-order valence-corrected chi connectivity index (χ4v) is 1.44. The highest BCUT2D eigenvalue weighted by atomic mass is 19.1. The van der Waals surface area contributed by atoms with Crippen LogP contribution in [0.2, 0.25) is 0 Å². The van der Waals surface area contributed by atoms with E-state index >= 15 is 0 Å². The van der Waals surface area contributed by atoms with E-state index in [1.807, 2.05) is 0 Å². The Morgan fingerprint density at radius 1 is 1.44 bits per heavy atom. The molecule has 1 heterocycles. The first-order valence-electron chi connectivity index (χ1n) is 5.30. The van der Waals surface area contributed by atoms with Gasteiger partial charge in [0, 0.05) is 12.3 Å². The maximum atomic E-state index is 13.3. The summed E-state index contributed by atoms with van der Waals surface area (Å²) in [6, 6.07) is 7.56. The van der Waals surface area contributed by atoms with Crippen molar-refractivity contribution < 1.29 is 9.13 Å². The molecule has 0 saturated heterocycles. The van der Waals surface area contributed by atoms with Crippen molar-refractivity contribution in [3.05, 3.63) is 41.8 Å². The second-order valence-corrected chi connectivity index (χ2v) is 3.61. The van der Waals surface area contributed by atoms with Crippen molar-refractivity contribution in [3.63, 3.8) is 0 Å². The minimum atomic E-state index is -0.585. The second-order valence-electron chi connectivity index (χ2n) is 3.61. The molecule has 2 rings (SSSR count). The van der Waals surface area contributed by atoms with E-state index in [9.17, 15) is 4.39 Å². The third-order valence-corrected chi connectivity index (χ3v) is 2.31. The molecule has 0 saturated carbocycles. The maximum Gasteiger partial charge on any atom is 0.145 e. The van der Waals surface area contributed by atoms with Gasteiger partial charge < -0.3 is 10.5 Å². The highest BCUT2D eigenvalue weighted by Gasteiger charge is 2.03. The Bertz CT molecular complexity index is 588. The summed E-state index contributed by atoms with van der Waals surface area (Å²) < 4.78 is 20.3. The molecule has 5 nitrogen and oxygen atoms in total. The first-order chi connectivity index (χ1) is 8.69. The van der Waals surface area contributed by atoms with Crippen LogP contribution in [-0.4, -0.2) is 16.4 Å². The van der Waals surface area contributed by atoms with Gasteiger partial charge in [0.2, 0.25) is 0 Å². The summed E-state index contributed by atoms with van der Waals surface area (Å²) in [4.78, 5) is 0. The van der Waals surface area contributed by atoms with Gasteiger partial charge in [-0.15, -0.1) is 0 Å². The van der Waals surface area contributed by atoms with Crippen LogP contribution in [0.25, 0.3) is 0 Å². The highest BCUT2D eigenvalue weighted by Crippen LogP contribution is 2.15. The van der Waals surface area contributed by atoms with Crippen LogP contribution in [0.15, 0.2) is 30.5 Å². The zero-order valence-electron chi connectivity index (χ0n) is 9.51. The number of nitrogens with zero attached hydrogens (tertiary/aromatic N) is 3. The summed E-state index contributed by atoms with van der Waals surface area (Å²) in [6.45, 7) is 0.852. The molecular formula is C12H11FN4O. The van der Waals surface area contributed by atoms with Gasteiger partial charge in [0.1, 0.15) is 30.1 Å². The van der Waals surface area contributed by atoms with Gasteiger partial charge in [-0.3, -0.25) is 4.68 Å². The van der Waals surface area contributed by atoms with Gasteiger partial charge in [-0.1, -0.05) is 0 Å². The minimum absolute atomic E-state index is 0.00204. The number of nitrogens with two attached hydrogens (primary N) is 1. The lowest BCUT2D eigenvalue weighted by molar-refractivity contribution is 0.290. The van der Waals surface area contributed by atoms with Crippen molar-refractivity contribution in [1.29, 1.82) is 5.26 Å². The third-order valence-electron chi connectivity index (χ3n) is 2.31. The summed E-state index contributed by atoms with van der Waals surface area (Å²) in [5.74, 6) is 0.240. The lowest BCUT2D eigenvalue weighted by Crippen LogP contribution is -2.09. The molecule has 6 heteroatoms. The van der Waals surface area contributed by atoms with Gasteiger partial charge in [-0.25, -0.2) is 4.39 Å².